The number of amides is 1. The summed E-state index contributed by atoms with van der Waals surface area (Å²) >= 11 is 1.82. The summed E-state index contributed by atoms with van der Waals surface area (Å²) in [6.07, 6.45) is 4.72. The van der Waals surface area contributed by atoms with Crippen LogP contribution in [-0.4, -0.2) is 69.2 Å². The van der Waals surface area contributed by atoms with E-state index in [9.17, 15) is 4.79 Å². The van der Waals surface area contributed by atoms with E-state index in [1.165, 1.54) is 12.8 Å². The first-order valence-electron chi connectivity index (χ1n) is 9.50. The second kappa shape index (κ2) is 8.54. The molecule has 1 saturated carbocycles. The molecule has 1 aliphatic carbocycles. The lowest BCUT2D eigenvalue weighted by molar-refractivity contribution is -0.129. The summed E-state index contributed by atoms with van der Waals surface area (Å²) in [5, 5.41) is 8.90. The maximum atomic E-state index is 12.4. The smallest absolute Gasteiger partial charge is 0.232 e. The van der Waals surface area contributed by atoms with E-state index < -0.39 is 0 Å². The highest BCUT2D eigenvalue weighted by molar-refractivity contribution is 7.99. The van der Waals surface area contributed by atoms with Crippen LogP contribution in [0, 0.1) is 5.92 Å². The minimum Gasteiger partial charge on any atom is -0.342 e. The zero-order chi connectivity index (χ0) is 17.8. The van der Waals surface area contributed by atoms with E-state index in [1.54, 1.807) is 0 Å². The number of piperidine rings is 1. The van der Waals surface area contributed by atoms with Gasteiger partial charge in [-0.2, -0.15) is 11.8 Å². The molecule has 3 rings (SSSR count). The van der Waals surface area contributed by atoms with Crippen molar-refractivity contribution in [3.63, 3.8) is 0 Å². The molecule has 1 aliphatic heterocycles. The summed E-state index contributed by atoms with van der Waals surface area (Å²) in [5.74, 6) is 5.59. The molecule has 6 nitrogen and oxygen atoms in total. The van der Waals surface area contributed by atoms with Crippen molar-refractivity contribution >= 4 is 17.7 Å². The summed E-state index contributed by atoms with van der Waals surface area (Å²) in [7, 11) is 4.11. The summed E-state index contributed by atoms with van der Waals surface area (Å²) in [6.45, 7) is 5.58. The zero-order valence-electron chi connectivity index (χ0n) is 15.8. The van der Waals surface area contributed by atoms with Crippen LogP contribution in [-0.2, 0) is 17.9 Å². The molecule has 1 amide bonds. The van der Waals surface area contributed by atoms with Gasteiger partial charge in [0, 0.05) is 25.6 Å². The van der Waals surface area contributed by atoms with Crippen LogP contribution >= 0.6 is 11.8 Å². The standard InChI is InChI=1S/C18H31N5OS/c1-4-23-16(11-21(2)3)19-20-18(23)15-7-9-22(10-8-15)17(24)13-25-12-14-5-6-14/h14-15H,4-13H2,1-3H3. The number of carbonyl (C=O) groups is 1. The van der Waals surface area contributed by atoms with Gasteiger partial charge in [-0.15, -0.1) is 10.2 Å². The van der Waals surface area contributed by atoms with Gasteiger partial charge in [0.15, 0.2) is 0 Å². The molecule has 0 N–H and O–H groups in total. The van der Waals surface area contributed by atoms with Crippen molar-refractivity contribution in [2.24, 2.45) is 5.92 Å². The Morgan fingerprint density at radius 1 is 1.20 bits per heavy atom. The lowest BCUT2D eigenvalue weighted by Gasteiger charge is -2.31. The lowest BCUT2D eigenvalue weighted by Crippen LogP contribution is -2.39. The Morgan fingerprint density at radius 2 is 1.92 bits per heavy atom. The van der Waals surface area contributed by atoms with Crippen LogP contribution in [0.15, 0.2) is 0 Å². The molecule has 0 unspecified atom stereocenters. The molecule has 140 valence electrons. The summed E-state index contributed by atoms with van der Waals surface area (Å²) in [5.41, 5.74) is 0. The number of carbonyl (C=O) groups excluding carboxylic acids is 1. The molecule has 0 aromatic carbocycles. The van der Waals surface area contributed by atoms with Gasteiger partial charge in [0.2, 0.25) is 5.91 Å². The van der Waals surface area contributed by atoms with Gasteiger partial charge < -0.3 is 14.4 Å². The second-order valence-electron chi connectivity index (χ2n) is 7.57. The molecule has 0 atom stereocenters. The van der Waals surface area contributed by atoms with Crippen LogP contribution in [0.4, 0.5) is 0 Å². The number of likely N-dealkylation sites (tertiary alicyclic amines) is 1. The van der Waals surface area contributed by atoms with Gasteiger partial charge in [0.25, 0.3) is 0 Å². The first-order valence-corrected chi connectivity index (χ1v) is 10.7. The van der Waals surface area contributed by atoms with Crippen LogP contribution in [0.25, 0.3) is 0 Å². The van der Waals surface area contributed by atoms with Gasteiger partial charge in [-0.3, -0.25) is 4.79 Å². The van der Waals surface area contributed by atoms with Crippen LogP contribution in [0.2, 0.25) is 0 Å². The van der Waals surface area contributed by atoms with Crippen LogP contribution in [0.5, 0.6) is 0 Å². The molecule has 0 radical (unpaired) electrons. The summed E-state index contributed by atoms with van der Waals surface area (Å²) in [4.78, 5) is 16.5. The molecule has 0 bridgehead atoms. The third-order valence-corrected chi connectivity index (χ3v) is 6.28. The van der Waals surface area contributed by atoms with Gasteiger partial charge in [-0.1, -0.05) is 0 Å². The van der Waals surface area contributed by atoms with E-state index in [4.69, 9.17) is 0 Å². The third kappa shape index (κ3) is 4.97. The fraction of sp³-hybridized carbons (Fsp3) is 0.833. The average molecular weight is 366 g/mol. The zero-order valence-corrected chi connectivity index (χ0v) is 16.6. The first-order chi connectivity index (χ1) is 12.1. The van der Waals surface area contributed by atoms with E-state index in [1.807, 2.05) is 16.7 Å². The molecule has 1 aromatic rings. The topological polar surface area (TPSA) is 54.3 Å². The number of rotatable bonds is 8. The van der Waals surface area contributed by atoms with Crippen molar-refractivity contribution in [1.29, 1.82) is 0 Å². The number of hydrogen-bond acceptors (Lipinski definition) is 5. The van der Waals surface area contributed by atoms with E-state index in [0.717, 1.165) is 62.3 Å². The van der Waals surface area contributed by atoms with E-state index in [2.05, 4.69) is 40.7 Å². The Balaban J connectivity index is 1.51. The van der Waals surface area contributed by atoms with Gasteiger partial charge in [-0.05, 0) is 58.4 Å². The largest absolute Gasteiger partial charge is 0.342 e. The fourth-order valence-corrected chi connectivity index (χ4v) is 4.61. The second-order valence-corrected chi connectivity index (χ2v) is 8.60. The van der Waals surface area contributed by atoms with Crippen molar-refractivity contribution in [2.45, 2.75) is 51.6 Å². The van der Waals surface area contributed by atoms with Gasteiger partial charge >= 0.3 is 0 Å². The summed E-state index contributed by atoms with van der Waals surface area (Å²) in [6, 6.07) is 0. The van der Waals surface area contributed by atoms with Gasteiger partial charge in [0.1, 0.15) is 11.6 Å². The molecule has 7 heteroatoms. The van der Waals surface area contributed by atoms with Crippen LogP contribution in [0.1, 0.15) is 50.2 Å². The SMILES string of the molecule is CCn1c(CN(C)C)nnc1C1CCN(C(=O)CSCC2CC2)CC1. The maximum Gasteiger partial charge on any atom is 0.232 e. The molecule has 25 heavy (non-hydrogen) atoms. The molecule has 1 aromatic heterocycles. The molecule has 2 aliphatic rings. The van der Waals surface area contributed by atoms with E-state index >= 15 is 0 Å². The molecule has 2 fully saturated rings. The highest BCUT2D eigenvalue weighted by Gasteiger charge is 2.28. The molecular weight excluding hydrogens is 334 g/mol. The quantitative estimate of drug-likeness (QED) is 0.707. The van der Waals surface area contributed by atoms with Crippen LogP contribution in [0.3, 0.4) is 0 Å². The van der Waals surface area contributed by atoms with Crippen molar-refractivity contribution in [3.8, 4) is 0 Å². The monoisotopic (exact) mass is 365 g/mol. The highest BCUT2D eigenvalue weighted by Crippen LogP contribution is 2.32. The minimum atomic E-state index is 0.314. The minimum absolute atomic E-state index is 0.314. The predicted molar refractivity (Wildman–Crippen MR) is 102 cm³/mol. The van der Waals surface area contributed by atoms with E-state index in [-0.39, 0.29) is 0 Å². The van der Waals surface area contributed by atoms with Crippen molar-refractivity contribution < 1.29 is 4.79 Å². The number of hydrogen-bond donors (Lipinski definition) is 0. The lowest BCUT2D eigenvalue weighted by atomic mass is 9.96. The number of aromatic nitrogens is 3. The predicted octanol–water partition coefficient (Wildman–Crippen LogP) is 2.21. The van der Waals surface area contributed by atoms with Crippen molar-refractivity contribution in [1.82, 2.24) is 24.6 Å². The highest BCUT2D eigenvalue weighted by atomic mass is 32.2. The molecule has 1 saturated heterocycles. The Kier molecular flexibility index (Phi) is 6.39. The van der Waals surface area contributed by atoms with Crippen LogP contribution < -0.4 is 0 Å². The first kappa shape index (κ1) is 18.7. The number of thioether (sulfide) groups is 1. The normalized spacial score (nSPS) is 19.0. The Bertz CT molecular complexity index is 576. The van der Waals surface area contributed by atoms with E-state index in [0.29, 0.717) is 17.6 Å². The fourth-order valence-electron chi connectivity index (χ4n) is 3.47. The molecular formula is C18H31N5OS. The third-order valence-electron chi connectivity index (χ3n) is 5.12. The molecule has 0 spiro atoms. The van der Waals surface area contributed by atoms with Crippen molar-refractivity contribution in [3.05, 3.63) is 11.6 Å². The Hall–Kier alpha value is -1.08. The maximum absolute atomic E-state index is 12.4. The molecule has 2 heterocycles. The van der Waals surface area contributed by atoms with Gasteiger partial charge in [0.05, 0.1) is 12.3 Å². The van der Waals surface area contributed by atoms with Gasteiger partial charge in [-0.25, -0.2) is 0 Å². The number of nitrogens with zero attached hydrogens (tertiary/aromatic N) is 5. The summed E-state index contributed by atoms with van der Waals surface area (Å²) < 4.78 is 2.26. The van der Waals surface area contributed by atoms with Crippen molar-refractivity contribution in [2.75, 3.05) is 38.7 Å². The Morgan fingerprint density at radius 3 is 2.52 bits per heavy atom. The average Bonchev–Trinajstić information content (AvgIpc) is 3.34. The Labute approximate surface area is 155 Å².